The normalized spacial score (nSPS) is 41.3. The predicted octanol–water partition coefficient (Wildman–Crippen LogP) is 0.521. The molecule has 0 saturated carbocycles. The van der Waals surface area contributed by atoms with Crippen molar-refractivity contribution in [2.24, 2.45) is 0 Å². The highest BCUT2D eigenvalue weighted by molar-refractivity contribution is 5.99. The number of likely N-dealkylation sites (N-methyl/N-ethyl adjacent to an activating group) is 1. The van der Waals surface area contributed by atoms with Crippen molar-refractivity contribution in [2.45, 2.75) is 36.0 Å². The van der Waals surface area contributed by atoms with Crippen LogP contribution in [0.15, 0.2) is 24.3 Å². The van der Waals surface area contributed by atoms with Crippen LogP contribution in [0.1, 0.15) is 17.5 Å². The minimum atomic E-state index is -1.13. The number of rotatable bonds is 0. The van der Waals surface area contributed by atoms with Crippen molar-refractivity contribution < 1.29 is 19.7 Å². The molecule has 0 radical (unpaired) electrons. The highest BCUT2D eigenvalue weighted by Gasteiger charge is 2.71. The Morgan fingerprint density at radius 2 is 2.23 bits per heavy atom. The van der Waals surface area contributed by atoms with Crippen LogP contribution >= 0.6 is 0 Å². The lowest BCUT2D eigenvalue weighted by Gasteiger charge is -2.60. The molecule has 2 N–H and O–H groups in total. The Balaban J connectivity index is 1.91. The number of carbonyl (C=O) groups excluding carboxylic acids is 1. The Morgan fingerprint density at radius 1 is 1.41 bits per heavy atom. The summed E-state index contributed by atoms with van der Waals surface area (Å²) in [6.07, 6.45) is 3.70. The number of piperidine rings is 1. The van der Waals surface area contributed by atoms with Gasteiger partial charge in [0.25, 0.3) is 0 Å². The first-order chi connectivity index (χ1) is 10.5. The van der Waals surface area contributed by atoms with Crippen molar-refractivity contribution >= 4 is 5.78 Å². The molecule has 1 aromatic rings. The van der Waals surface area contributed by atoms with Crippen LogP contribution in [-0.4, -0.2) is 52.2 Å². The third-order valence-electron chi connectivity index (χ3n) is 6.14. The number of likely N-dealkylation sites (tertiary alicyclic amines) is 1. The number of ketones is 1. The van der Waals surface area contributed by atoms with Crippen molar-refractivity contribution in [2.75, 3.05) is 13.6 Å². The molecule has 5 rings (SSSR count). The molecule has 5 nitrogen and oxygen atoms in total. The van der Waals surface area contributed by atoms with Gasteiger partial charge in [0.1, 0.15) is 5.60 Å². The maximum absolute atomic E-state index is 12.4. The smallest absolute Gasteiger partial charge is 0.196 e. The van der Waals surface area contributed by atoms with E-state index in [4.69, 9.17) is 4.74 Å². The van der Waals surface area contributed by atoms with E-state index in [0.29, 0.717) is 18.6 Å². The van der Waals surface area contributed by atoms with Gasteiger partial charge in [-0.25, -0.2) is 0 Å². The van der Waals surface area contributed by atoms with E-state index >= 15 is 0 Å². The molecule has 114 valence electrons. The molecule has 2 bridgehead atoms. The maximum Gasteiger partial charge on any atom is 0.196 e. The zero-order valence-electron chi connectivity index (χ0n) is 12.2. The molecule has 1 aromatic carbocycles. The summed E-state index contributed by atoms with van der Waals surface area (Å²) in [5.74, 6) is 0.312. The van der Waals surface area contributed by atoms with Gasteiger partial charge in [0, 0.05) is 11.6 Å². The fraction of sp³-hybridized carbons (Fsp3) is 0.471. The molecule has 2 aliphatic carbocycles. The van der Waals surface area contributed by atoms with E-state index in [1.54, 1.807) is 12.1 Å². The summed E-state index contributed by atoms with van der Waals surface area (Å²) in [7, 11) is 2.01. The highest BCUT2D eigenvalue weighted by Crippen LogP contribution is 2.63. The summed E-state index contributed by atoms with van der Waals surface area (Å²) in [4.78, 5) is 14.6. The number of aromatic hydroxyl groups is 1. The molecule has 0 aromatic heterocycles. The van der Waals surface area contributed by atoms with Crippen LogP contribution in [0.3, 0.4) is 0 Å². The first kappa shape index (κ1) is 12.7. The second kappa shape index (κ2) is 3.55. The number of carbonyl (C=O) groups is 1. The van der Waals surface area contributed by atoms with Gasteiger partial charge in [0.2, 0.25) is 0 Å². The summed E-state index contributed by atoms with van der Waals surface area (Å²) >= 11 is 0. The third-order valence-corrected chi connectivity index (χ3v) is 6.14. The van der Waals surface area contributed by atoms with E-state index in [0.717, 1.165) is 17.7 Å². The van der Waals surface area contributed by atoms with Gasteiger partial charge < -0.3 is 14.9 Å². The summed E-state index contributed by atoms with van der Waals surface area (Å²) in [5, 5.41) is 21.7. The van der Waals surface area contributed by atoms with Crippen LogP contribution < -0.4 is 4.74 Å². The molecule has 1 fully saturated rings. The summed E-state index contributed by atoms with van der Waals surface area (Å²) < 4.78 is 5.89. The van der Waals surface area contributed by atoms with Crippen LogP contribution in [0.4, 0.5) is 0 Å². The largest absolute Gasteiger partial charge is 0.504 e. The Hall–Kier alpha value is -1.85. The minimum Gasteiger partial charge on any atom is -0.504 e. The highest BCUT2D eigenvalue weighted by atomic mass is 16.5. The first-order valence-electron chi connectivity index (χ1n) is 7.67. The van der Waals surface area contributed by atoms with Gasteiger partial charge in [0.05, 0.1) is 5.41 Å². The average molecular weight is 299 g/mol. The molecule has 0 amide bonds. The first-order valence-corrected chi connectivity index (χ1v) is 7.67. The van der Waals surface area contributed by atoms with Crippen LogP contribution in [0.5, 0.6) is 11.5 Å². The van der Waals surface area contributed by atoms with Crippen LogP contribution in [0.25, 0.3) is 0 Å². The van der Waals surface area contributed by atoms with E-state index in [2.05, 4.69) is 4.90 Å². The van der Waals surface area contributed by atoms with Gasteiger partial charge in [-0.3, -0.25) is 9.69 Å². The molecular weight excluding hydrogens is 282 g/mol. The van der Waals surface area contributed by atoms with Gasteiger partial charge in [0.15, 0.2) is 23.4 Å². The molecule has 1 spiro atoms. The van der Waals surface area contributed by atoms with Crippen LogP contribution in [0, 0.1) is 0 Å². The zero-order chi connectivity index (χ0) is 15.3. The number of phenolic OH excluding ortho intramolecular Hbond substituents is 1. The molecular formula is C17H17NO4. The Morgan fingerprint density at radius 3 is 3.05 bits per heavy atom. The topological polar surface area (TPSA) is 70.0 Å². The maximum atomic E-state index is 12.4. The van der Waals surface area contributed by atoms with Crippen molar-refractivity contribution in [3.05, 3.63) is 35.4 Å². The predicted molar refractivity (Wildman–Crippen MR) is 78.0 cm³/mol. The average Bonchev–Trinajstić information content (AvgIpc) is 2.85. The van der Waals surface area contributed by atoms with E-state index in [-0.39, 0.29) is 17.6 Å². The van der Waals surface area contributed by atoms with Gasteiger partial charge in [-0.2, -0.15) is 0 Å². The summed E-state index contributed by atoms with van der Waals surface area (Å²) in [6.45, 7) is 0.794. The molecule has 2 heterocycles. The Kier molecular flexibility index (Phi) is 2.04. The van der Waals surface area contributed by atoms with Gasteiger partial charge in [-0.1, -0.05) is 6.07 Å². The number of nitrogens with zero attached hydrogens (tertiary/aromatic N) is 1. The molecule has 4 atom stereocenters. The fourth-order valence-electron chi connectivity index (χ4n) is 5.13. The van der Waals surface area contributed by atoms with Crippen LogP contribution in [-0.2, 0) is 16.6 Å². The number of phenols is 1. The van der Waals surface area contributed by atoms with Gasteiger partial charge >= 0.3 is 0 Å². The second-order valence-electron chi connectivity index (χ2n) is 6.93. The number of benzene rings is 1. The molecule has 0 unspecified atom stereocenters. The molecule has 1 saturated heterocycles. The fourth-order valence-corrected chi connectivity index (χ4v) is 5.13. The standard InChI is InChI=1S/C17H17NO4/c1-18-7-6-16-13-9-2-3-10(19)14(13)22-15(16)11(20)4-5-17(16,21)12(18)8-9/h2-5,12,15,19,21H,6-8H2,1H3/t12-,15-,16-,17+/m0/s1. The molecule has 4 aliphatic rings. The minimum absolute atomic E-state index is 0.0510. The van der Waals surface area contributed by atoms with Crippen molar-refractivity contribution in [1.82, 2.24) is 4.90 Å². The van der Waals surface area contributed by atoms with Gasteiger partial charge in [-0.05, 0) is 50.2 Å². The number of hydrogen-bond donors (Lipinski definition) is 2. The molecule has 2 aliphatic heterocycles. The van der Waals surface area contributed by atoms with Crippen molar-refractivity contribution in [3.63, 3.8) is 0 Å². The lowest BCUT2D eigenvalue weighted by atomic mass is 9.51. The summed E-state index contributed by atoms with van der Waals surface area (Å²) in [6, 6.07) is 3.44. The van der Waals surface area contributed by atoms with E-state index in [1.807, 2.05) is 13.1 Å². The lowest BCUT2D eigenvalue weighted by Crippen LogP contribution is -2.74. The van der Waals surface area contributed by atoms with E-state index in [1.165, 1.54) is 6.08 Å². The lowest BCUT2D eigenvalue weighted by molar-refractivity contribution is -0.151. The van der Waals surface area contributed by atoms with Crippen LogP contribution in [0.2, 0.25) is 0 Å². The number of hydrogen-bond acceptors (Lipinski definition) is 5. The molecule has 5 heteroatoms. The second-order valence-corrected chi connectivity index (χ2v) is 6.93. The third kappa shape index (κ3) is 1.08. The zero-order valence-corrected chi connectivity index (χ0v) is 12.2. The summed E-state index contributed by atoms with van der Waals surface area (Å²) in [5.41, 5.74) is 0.0177. The van der Waals surface area contributed by atoms with Crippen molar-refractivity contribution in [1.29, 1.82) is 0 Å². The molecule has 22 heavy (non-hydrogen) atoms. The number of aliphatic hydroxyl groups is 1. The van der Waals surface area contributed by atoms with Crippen molar-refractivity contribution in [3.8, 4) is 11.5 Å². The SMILES string of the molecule is CN1CC[C@]23c4c5ccc(O)c4O[C@H]2C(=O)C=C[C@@]3(O)[C@@H]1C5. The quantitative estimate of drug-likeness (QED) is 0.731. The van der Waals surface area contributed by atoms with E-state index < -0.39 is 17.1 Å². The van der Waals surface area contributed by atoms with Gasteiger partial charge in [-0.15, -0.1) is 0 Å². The number of ether oxygens (including phenoxy) is 1. The Bertz CT molecular complexity index is 757. The monoisotopic (exact) mass is 299 g/mol. The van der Waals surface area contributed by atoms with E-state index in [9.17, 15) is 15.0 Å². The Labute approximate surface area is 127 Å².